The van der Waals surface area contributed by atoms with Crippen LogP contribution in [0.2, 0.25) is 5.02 Å². The monoisotopic (exact) mass is 295 g/mol. The number of nitrogens with one attached hydrogen (secondary N) is 1. The number of thioether (sulfide) groups is 1. The third kappa shape index (κ3) is 3.90. The molecule has 0 radical (unpaired) electrons. The third-order valence-corrected chi connectivity index (χ3v) is 5.86. The molecule has 0 amide bonds. The molecule has 1 aromatic rings. The van der Waals surface area contributed by atoms with Crippen LogP contribution in [0.4, 0.5) is 0 Å². The van der Waals surface area contributed by atoms with Crippen molar-refractivity contribution >= 4 is 23.4 Å². The molecule has 2 fully saturated rings. The minimum absolute atomic E-state index is 0.740. The molecule has 3 heteroatoms. The molecule has 0 aliphatic heterocycles. The summed E-state index contributed by atoms with van der Waals surface area (Å²) in [6.07, 6.45) is 9.61. The second-order valence-electron chi connectivity index (χ2n) is 5.75. The van der Waals surface area contributed by atoms with Gasteiger partial charge in [0.2, 0.25) is 0 Å². The maximum Gasteiger partial charge on any atom is 0.0462 e. The summed E-state index contributed by atoms with van der Waals surface area (Å²) in [6.45, 7) is 0.930. The predicted octanol–water partition coefficient (Wildman–Crippen LogP) is 5.02. The smallest absolute Gasteiger partial charge is 0.0462 e. The first-order chi connectivity index (χ1) is 9.33. The molecule has 104 valence electrons. The van der Waals surface area contributed by atoms with Crippen LogP contribution in [0, 0.1) is 0 Å². The average molecular weight is 296 g/mol. The lowest BCUT2D eigenvalue weighted by molar-refractivity contribution is 0.516. The lowest BCUT2D eigenvalue weighted by Gasteiger charge is -2.22. The van der Waals surface area contributed by atoms with E-state index in [1.165, 1.54) is 55.4 Å². The van der Waals surface area contributed by atoms with E-state index in [2.05, 4.69) is 29.2 Å². The summed E-state index contributed by atoms with van der Waals surface area (Å²) in [4.78, 5) is 1.40. The van der Waals surface area contributed by atoms with Crippen LogP contribution in [-0.4, -0.2) is 11.3 Å². The van der Waals surface area contributed by atoms with Crippen molar-refractivity contribution in [2.45, 2.75) is 67.7 Å². The second kappa shape index (κ2) is 6.51. The SMILES string of the molecule is Clc1cccc(SC2CCCCC2)c1CNC1CC1. The van der Waals surface area contributed by atoms with Crippen molar-refractivity contribution in [1.29, 1.82) is 0 Å². The Bertz CT molecular complexity index is 425. The number of rotatable bonds is 5. The van der Waals surface area contributed by atoms with Gasteiger partial charge < -0.3 is 5.32 Å². The molecule has 0 aromatic heterocycles. The van der Waals surface area contributed by atoms with E-state index < -0.39 is 0 Å². The fourth-order valence-corrected chi connectivity index (χ4v) is 4.42. The number of benzene rings is 1. The summed E-state index contributed by atoms with van der Waals surface area (Å²) < 4.78 is 0. The number of halogens is 1. The quantitative estimate of drug-likeness (QED) is 0.819. The molecule has 1 N–H and O–H groups in total. The minimum Gasteiger partial charge on any atom is -0.310 e. The maximum atomic E-state index is 6.40. The zero-order valence-electron chi connectivity index (χ0n) is 11.3. The Labute approximate surface area is 125 Å². The van der Waals surface area contributed by atoms with E-state index in [1.54, 1.807) is 0 Å². The molecule has 0 saturated heterocycles. The van der Waals surface area contributed by atoms with Crippen molar-refractivity contribution in [3.05, 3.63) is 28.8 Å². The van der Waals surface area contributed by atoms with Gasteiger partial charge in [-0.25, -0.2) is 0 Å². The van der Waals surface area contributed by atoms with Gasteiger partial charge in [0.1, 0.15) is 0 Å². The number of hydrogen-bond donors (Lipinski definition) is 1. The largest absolute Gasteiger partial charge is 0.310 e. The highest BCUT2D eigenvalue weighted by Crippen LogP contribution is 2.37. The van der Waals surface area contributed by atoms with E-state index >= 15 is 0 Å². The van der Waals surface area contributed by atoms with Crippen molar-refractivity contribution in [2.75, 3.05) is 0 Å². The normalized spacial score (nSPS) is 20.7. The molecule has 0 atom stereocenters. The summed E-state index contributed by atoms with van der Waals surface area (Å²) in [5, 5.41) is 5.32. The van der Waals surface area contributed by atoms with Crippen LogP contribution >= 0.6 is 23.4 Å². The van der Waals surface area contributed by atoms with Gasteiger partial charge >= 0.3 is 0 Å². The van der Waals surface area contributed by atoms with Gasteiger partial charge in [-0.05, 0) is 43.4 Å². The molecule has 0 heterocycles. The van der Waals surface area contributed by atoms with Crippen LogP contribution in [0.25, 0.3) is 0 Å². The predicted molar refractivity (Wildman–Crippen MR) is 84.0 cm³/mol. The van der Waals surface area contributed by atoms with Crippen molar-refractivity contribution in [2.24, 2.45) is 0 Å². The summed E-state index contributed by atoms with van der Waals surface area (Å²) in [5.41, 5.74) is 1.31. The molecule has 0 unspecified atom stereocenters. The molecule has 1 aromatic carbocycles. The van der Waals surface area contributed by atoms with Gasteiger partial charge in [-0.3, -0.25) is 0 Å². The zero-order chi connectivity index (χ0) is 13.1. The van der Waals surface area contributed by atoms with Crippen LogP contribution in [0.3, 0.4) is 0 Å². The molecule has 3 rings (SSSR count). The van der Waals surface area contributed by atoms with Gasteiger partial charge in [0, 0.05) is 27.8 Å². The Morgan fingerprint density at radius 3 is 2.63 bits per heavy atom. The second-order valence-corrected chi connectivity index (χ2v) is 7.50. The summed E-state index contributed by atoms with van der Waals surface area (Å²) in [6, 6.07) is 7.10. The lowest BCUT2D eigenvalue weighted by Crippen LogP contribution is -2.16. The average Bonchev–Trinajstić information content (AvgIpc) is 3.23. The molecule has 2 saturated carbocycles. The van der Waals surface area contributed by atoms with Gasteiger partial charge in [-0.15, -0.1) is 11.8 Å². The van der Waals surface area contributed by atoms with E-state index in [0.29, 0.717) is 0 Å². The zero-order valence-corrected chi connectivity index (χ0v) is 12.9. The molecule has 0 bridgehead atoms. The molecule has 2 aliphatic carbocycles. The fraction of sp³-hybridized carbons (Fsp3) is 0.625. The first-order valence-electron chi connectivity index (χ1n) is 7.50. The van der Waals surface area contributed by atoms with Crippen LogP contribution in [0.5, 0.6) is 0 Å². The van der Waals surface area contributed by atoms with Gasteiger partial charge in [0.25, 0.3) is 0 Å². The van der Waals surface area contributed by atoms with E-state index in [4.69, 9.17) is 11.6 Å². The van der Waals surface area contributed by atoms with Crippen LogP contribution in [0.15, 0.2) is 23.1 Å². The fourth-order valence-electron chi connectivity index (χ4n) is 2.72. The van der Waals surface area contributed by atoms with E-state index in [-0.39, 0.29) is 0 Å². The standard InChI is InChI=1S/C16H22ClNS/c17-15-7-4-8-16(14(15)11-18-12-9-10-12)19-13-5-2-1-3-6-13/h4,7-8,12-13,18H,1-3,5-6,9-11H2. The van der Waals surface area contributed by atoms with Crippen LogP contribution in [0.1, 0.15) is 50.5 Å². The minimum atomic E-state index is 0.740. The van der Waals surface area contributed by atoms with E-state index in [0.717, 1.165) is 22.9 Å². The highest BCUT2D eigenvalue weighted by molar-refractivity contribution is 8.00. The molecular weight excluding hydrogens is 274 g/mol. The molecule has 0 spiro atoms. The van der Waals surface area contributed by atoms with Crippen molar-refractivity contribution in [1.82, 2.24) is 5.32 Å². The lowest BCUT2D eigenvalue weighted by atomic mass is 10.0. The van der Waals surface area contributed by atoms with Gasteiger partial charge in [-0.1, -0.05) is 36.9 Å². The highest BCUT2D eigenvalue weighted by Gasteiger charge is 2.22. The molecular formula is C16H22ClNS. The maximum absolute atomic E-state index is 6.40. The first kappa shape index (κ1) is 13.8. The van der Waals surface area contributed by atoms with Crippen molar-refractivity contribution in [3.8, 4) is 0 Å². The van der Waals surface area contributed by atoms with Crippen LogP contribution < -0.4 is 5.32 Å². The Morgan fingerprint density at radius 2 is 1.89 bits per heavy atom. The third-order valence-electron chi connectivity index (χ3n) is 4.07. The first-order valence-corrected chi connectivity index (χ1v) is 8.76. The number of hydrogen-bond acceptors (Lipinski definition) is 2. The Morgan fingerprint density at radius 1 is 1.11 bits per heavy atom. The van der Waals surface area contributed by atoms with Crippen molar-refractivity contribution < 1.29 is 0 Å². The topological polar surface area (TPSA) is 12.0 Å². The summed E-state index contributed by atoms with van der Waals surface area (Å²) in [7, 11) is 0. The van der Waals surface area contributed by atoms with E-state index in [9.17, 15) is 0 Å². The Balaban J connectivity index is 1.68. The van der Waals surface area contributed by atoms with Gasteiger partial charge in [0.15, 0.2) is 0 Å². The van der Waals surface area contributed by atoms with E-state index in [1.807, 2.05) is 6.07 Å². The summed E-state index contributed by atoms with van der Waals surface area (Å²) in [5.74, 6) is 0. The van der Waals surface area contributed by atoms with Crippen LogP contribution in [-0.2, 0) is 6.54 Å². The molecule has 19 heavy (non-hydrogen) atoms. The highest BCUT2D eigenvalue weighted by atomic mass is 35.5. The van der Waals surface area contributed by atoms with Gasteiger partial charge in [0.05, 0.1) is 0 Å². The Kier molecular flexibility index (Phi) is 4.73. The Hall–Kier alpha value is -0.180. The van der Waals surface area contributed by atoms with Crippen molar-refractivity contribution in [3.63, 3.8) is 0 Å². The molecule has 2 aliphatic rings. The summed E-state index contributed by atoms with van der Waals surface area (Å²) >= 11 is 8.45. The van der Waals surface area contributed by atoms with Gasteiger partial charge in [-0.2, -0.15) is 0 Å². The molecule has 1 nitrogen and oxygen atoms in total.